The van der Waals surface area contributed by atoms with Crippen LogP contribution in [0.3, 0.4) is 0 Å². The van der Waals surface area contributed by atoms with Crippen molar-refractivity contribution >= 4 is 11.8 Å². The average molecular weight is 260 g/mol. The fourth-order valence-electron chi connectivity index (χ4n) is 3.24. The van der Waals surface area contributed by atoms with Crippen molar-refractivity contribution in [3.63, 3.8) is 0 Å². The zero-order valence-electron chi connectivity index (χ0n) is 10.5. The number of ether oxygens (including phenoxy) is 2. The average Bonchev–Trinajstić information content (AvgIpc) is 3.11. The van der Waals surface area contributed by atoms with E-state index < -0.39 is 18.4 Å². The van der Waals surface area contributed by atoms with Gasteiger partial charge in [0, 0.05) is 16.5 Å². The van der Waals surface area contributed by atoms with Gasteiger partial charge < -0.3 is 14.6 Å². The number of ketones is 1. The molecular formula is C14H12O5. The number of aliphatic hydroxyl groups is 1. The molecule has 5 heteroatoms. The van der Waals surface area contributed by atoms with E-state index in [0.717, 1.165) is 5.56 Å². The smallest absolute Gasteiger partial charge is 0.341 e. The number of hydrogen-bond acceptors (Lipinski definition) is 5. The third kappa shape index (κ3) is 1.17. The van der Waals surface area contributed by atoms with Crippen LogP contribution >= 0.6 is 0 Å². The summed E-state index contributed by atoms with van der Waals surface area (Å²) in [5.41, 5.74) is 1.48. The number of benzene rings is 1. The van der Waals surface area contributed by atoms with E-state index in [1.165, 1.54) is 0 Å². The third-order valence-electron chi connectivity index (χ3n) is 4.33. The minimum Gasteiger partial charge on any atom is -0.428 e. The van der Waals surface area contributed by atoms with Crippen LogP contribution in [0.1, 0.15) is 52.0 Å². The Balaban J connectivity index is 2.05. The normalized spacial score (nSPS) is 33.3. The quantitative estimate of drug-likeness (QED) is 0.558. The molecule has 1 saturated heterocycles. The van der Waals surface area contributed by atoms with Crippen molar-refractivity contribution in [2.75, 3.05) is 0 Å². The molecule has 2 heterocycles. The molecule has 4 rings (SSSR count). The third-order valence-corrected chi connectivity index (χ3v) is 4.33. The number of rotatable bonds is 0. The summed E-state index contributed by atoms with van der Waals surface area (Å²) >= 11 is 0. The van der Waals surface area contributed by atoms with Crippen molar-refractivity contribution in [2.24, 2.45) is 0 Å². The summed E-state index contributed by atoms with van der Waals surface area (Å²) in [6.45, 7) is 4.00. The lowest BCUT2D eigenvalue weighted by atomic mass is 9.70. The largest absolute Gasteiger partial charge is 0.428 e. The fourth-order valence-corrected chi connectivity index (χ4v) is 3.24. The highest BCUT2D eigenvalue weighted by molar-refractivity contribution is 6.09. The lowest BCUT2D eigenvalue weighted by Crippen LogP contribution is -2.36. The highest BCUT2D eigenvalue weighted by Gasteiger charge is 2.60. The zero-order valence-corrected chi connectivity index (χ0v) is 10.5. The molecule has 3 aliphatic rings. The van der Waals surface area contributed by atoms with E-state index in [9.17, 15) is 14.7 Å². The van der Waals surface area contributed by atoms with Gasteiger partial charge in [0.25, 0.3) is 0 Å². The van der Waals surface area contributed by atoms with Crippen molar-refractivity contribution in [1.29, 1.82) is 0 Å². The first-order chi connectivity index (χ1) is 8.93. The number of carbonyl (C=O) groups excluding carboxylic acids is 2. The summed E-state index contributed by atoms with van der Waals surface area (Å²) in [6.07, 6.45) is -1.91. The fraction of sp³-hybridized carbons (Fsp3) is 0.429. The standard InChI is InChI=1S/C14H12O5/c1-14(2)6-4-3-5-7(13(17)19-12(5)16)8(6)9(15)10-11(14)18-10/h3-4,10-11,13,17H,1-2H3/t10-,11-,13+/m0/s1. The van der Waals surface area contributed by atoms with Crippen LogP contribution in [0.15, 0.2) is 12.1 Å². The predicted octanol–water partition coefficient (Wildman–Crippen LogP) is 1.09. The van der Waals surface area contributed by atoms with Crippen molar-refractivity contribution < 1.29 is 24.2 Å². The minimum absolute atomic E-state index is 0.110. The number of hydrogen-bond donors (Lipinski definition) is 1. The molecule has 2 aliphatic heterocycles. The Hall–Kier alpha value is -1.72. The maximum Gasteiger partial charge on any atom is 0.341 e. The number of cyclic esters (lactones) is 1. The maximum absolute atomic E-state index is 12.4. The molecule has 1 fully saturated rings. The minimum atomic E-state index is -1.35. The molecule has 3 atom stereocenters. The van der Waals surface area contributed by atoms with Gasteiger partial charge in [-0.25, -0.2) is 4.79 Å². The van der Waals surface area contributed by atoms with Crippen molar-refractivity contribution in [3.8, 4) is 0 Å². The molecule has 0 aromatic heterocycles. The number of epoxide rings is 1. The molecule has 1 aromatic carbocycles. The molecule has 0 unspecified atom stereocenters. The Morgan fingerprint density at radius 2 is 2.00 bits per heavy atom. The van der Waals surface area contributed by atoms with Gasteiger partial charge in [0.05, 0.1) is 5.56 Å². The first kappa shape index (κ1) is 11.1. The van der Waals surface area contributed by atoms with E-state index in [1.807, 2.05) is 13.8 Å². The maximum atomic E-state index is 12.4. The van der Waals surface area contributed by atoms with E-state index in [0.29, 0.717) is 11.1 Å². The second-order valence-electron chi connectivity index (χ2n) is 5.77. The summed E-state index contributed by atoms with van der Waals surface area (Å²) in [5, 5.41) is 9.86. The zero-order chi connectivity index (χ0) is 13.5. The summed E-state index contributed by atoms with van der Waals surface area (Å²) < 4.78 is 10.2. The number of aliphatic hydroxyl groups excluding tert-OH is 1. The number of esters is 1. The van der Waals surface area contributed by atoms with Crippen LogP contribution in [0.2, 0.25) is 0 Å². The lowest BCUT2D eigenvalue weighted by Gasteiger charge is -2.30. The molecular weight excluding hydrogens is 248 g/mol. The molecule has 0 spiro atoms. The van der Waals surface area contributed by atoms with Crippen LogP contribution in [-0.2, 0) is 14.9 Å². The van der Waals surface area contributed by atoms with E-state index in [4.69, 9.17) is 9.47 Å². The highest BCUT2D eigenvalue weighted by Crippen LogP contribution is 2.50. The molecule has 98 valence electrons. The number of Topliss-reactive ketones (excluding diaryl/α,β-unsaturated/α-hetero) is 1. The van der Waals surface area contributed by atoms with Crippen LogP contribution in [0.5, 0.6) is 0 Å². The van der Waals surface area contributed by atoms with Crippen molar-refractivity contribution in [3.05, 3.63) is 34.4 Å². The summed E-state index contributed by atoms with van der Waals surface area (Å²) in [4.78, 5) is 24.0. The number of carbonyl (C=O) groups is 2. The van der Waals surface area contributed by atoms with E-state index >= 15 is 0 Å². The van der Waals surface area contributed by atoms with Crippen molar-refractivity contribution in [2.45, 2.75) is 37.8 Å². The van der Waals surface area contributed by atoms with Crippen LogP contribution in [0.4, 0.5) is 0 Å². The van der Waals surface area contributed by atoms with Gasteiger partial charge in [-0.3, -0.25) is 4.79 Å². The topological polar surface area (TPSA) is 76.1 Å². The number of fused-ring (bicyclic) bond motifs is 4. The molecule has 1 aliphatic carbocycles. The monoisotopic (exact) mass is 260 g/mol. The Morgan fingerprint density at radius 1 is 1.26 bits per heavy atom. The second kappa shape index (κ2) is 3.05. The van der Waals surface area contributed by atoms with Crippen molar-refractivity contribution in [1.82, 2.24) is 0 Å². The van der Waals surface area contributed by atoms with Gasteiger partial charge in [0.15, 0.2) is 5.78 Å². The highest BCUT2D eigenvalue weighted by atomic mass is 16.6. The van der Waals surface area contributed by atoms with Gasteiger partial charge in [-0.1, -0.05) is 19.9 Å². The molecule has 0 bridgehead atoms. The Bertz CT molecular complexity index is 645. The first-order valence-corrected chi connectivity index (χ1v) is 6.19. The molecule has 0 amide bonds. The van der Waals surface area contributed by atoms with Gasteiger partial charge in [0.1, 0.15) is 12.2 Å². The Labute approximate surface area is 109 Å². The first-order valence-electron chi connectivity index (χ1n) is 6.19. The van der Waals surface area contributed by atoms with Gasteiger partial charge in [-0.05, 0) is 11.6 Å². The van der Waals surface area contributed by atoms with E-state index in [2.05, 4.69) is 0 Å². The molecule has 19 heavy (non-hydrogen) atoms. The molecule has 0 radical (unpaired) electrons. The van der Waals surface area contributed by atoms with Gasteiger partial charge >= 0.3 is 5.97 Å². The Morgan fingerprint density at radius 3 is 2.74 bits per heavy atom. The van der Waals surface area contributed by atoms with Crippen LogP contribution < -0.4 is 0 Å². The van der Waals surface area contributed by atoms with Gasteiger partial charge in [-0.2, -0.15) is 0 Å². The predicted molar refractivity (Wildman–Crippen MR) is 62.8 cm³/mol. The van der Waals surface area contributed by atoms with Crippen LogP contribution in [0.25, 0.3) is 0 Å². The molecule has 1 N–H and O–H groups in total. The summed E-state index contributed by atoms with van der Waals surface area (Å²) in [7, 11) is 0. The summed E-state index contributed by atoms with van der Waals surface area (Å²) in [5.74, 6) is -0.747. The van der Waals surface area contributed by atoms with Crippen LogP contribution in [0, 0.1) is 0 Å². The summed E-state index contributed by atoms with van der Waals surface area (Å²) in [6, 6.07) is 3.38. The van der Waals surface area contributed by atoms with Gasteiger partial charge in [0.2, 0.25) is 6.29 Å². The Kier molecular flexibility index (Phi) is 1.79. The van der Waals surface area contributed by atoms with Gasteiger partial charge in [-0.15, -0.1) is 0 Å². The SMILES string of the molecule is CC1(C)c2ccc3c(c2C(=O)[C@@H]2O[C@@H]21)[C@H](O)OC3=O. The van der Waals surface area contributed by atoms with Crippen LogP contribution in [-0.4, -0.2) is 29.1 Å². The molecule has 0 saturated carbocycles. The molecule has 1 aromatic rings. The second-order valence-corrected chi connectivity index (χ2v) is 5.77. The van der Waals surface area contributed by atoms with E-state index in [-0.39, 0.29) is 22.9 Å². The lowest BCUT2D eigenvalue weighted by molar-refractivity contribution is -0.0551. The van der Waals surface area contributed by atoms with E-state index in [1.54, 1.807) is 12.1 Å². The molecule has 5 nitrogen and oxygen atoms in total.